The van der Waals surface area contributed by atoms with Gasteiger partial charge in [-0.3, -0.25) is 9.10 Å². The first-order valence-electron chi connectivity index (χ1n) is 10.3. The van der Waals surface area contributed by atoms with Crippen LogP contribution in [-0.2, 0) is 16.4 Å². The molecule has 3 aromatic carbocycles. The Morgan fingerprint density at radius 3 is 2.03 bits per heavy atom. The maximum absolute atomic E-state index is 13.5. The number of hydrogen-bond donors (Lipinski definition) is 0. The third kappa shape index (κ3) is 4.08. The van der Waals surface area contributed by atoms with Crippen molar-refractivity contribution in [1.29, 1.82) is 0 Å². The number of sulfonamides is 1. The Bertz CT molecular complexity index is 1150. The lowest BCUT2D eigenvalue weighted by Crippen LogP contribution is -2.34. The number of anilines is 1. The van der Waals surface area contributed by atoms with Crippen molar-refractivity contribution in [3.05, 3.63) is 101 Å². The predicted molar refractivity (Wildman–Crippen MR) is 124 cm³/mol. The maximum Gasteiger partial charge on any atom is 0.254 e. The van der Waals surface area contributed by atoms with E-state index < -0.39 is 10.0 Å². The molecule has 1 unspecified atom stereocenters. The zero-order chi connectivity index (χ0) is 22.2. The van der Waals surface area contributed by atoms with E-state index >= 15 is 0 Å². The minimum absolute atomic E-state index is 0.106. The first kappa shape index (κ1) is 21.1. The molecule has 0 aliphatic carbocycles. The van der Waals surface area contributed by atoms with Crippen molar-refractivity contribution in [2.75, 3.05) is 17.6 Å². The van der Waals surface area contributed by atoms with Gasteiger partial charge in [0.05, 0.1) is 18.0 Å². The van der Waals surface area contributed by atoms with Crippen molar-refractivity contribution < 1.29 is 13.2 Å². The zero-order valence-electron chi connectivity index (χ0n) is 17.9. The van der Waals surface area contributed by atoms with Gasteiger partial charge in [0, 0.05) is 18.7 Å². The molecular weight excluding hydrogens is 408 g/mol. The molecule has 1 amide bonds. The largest absolute Gasteiger partial charge is 0.331 e. The molecule has 0 radical (unpaired) electrons. The second-order valence-corrected chi connectivity index (χ2v) is 9.95. The summed E-state index contributed by atoms with van der Waals surface area (Å²) in [6.45, 7) is 1.88. The summed E-state index contributed by atoms with van der Waals surface area (Å²) in [7, 11) is -1.55. The highest BCUT2D eigenvalue weighted by Crippen LogP contribution is 2.36. The molecule has 1 atom stereocenters. The number of hydrogen-bond acceptors (Lipinski definition) is 3. The van der Waals surface area contributed by atoms with Crippen molar-refractivity contribution in [3.63, 3.8) is 0 Å². The van der Waals surface area contributed by atoms with Gasteiger partial charge in [-0.2, -0.15) is 0 Å². The average Bonchev–Trinajstić information content (AvgIpc) is 3.10. The number of carbonyl (C=O) groups excluding carboxylic acids is 1. The molecule has 6 heteroatoms. The third-order valence-electron chi connectivity index (χ3n) is 5.78. The van der Waals surface area contributed by atoms with Gasteiger partial charge in [-0.1, -0.05) is 60.7 Å². The van der Waals surface area contributed by atoms with Crippen LogP contribution in [0.3, 0.4) is 0 Å². The van der Waals surface area contributed by atoms with Crippen molar-refractivity contribution in [2.45, 2.75) is 25.4 Å². The van der Waals surface area contributed by atoms with Gasteiger partial charge >= 0.3 is 0 Å². The number of nitrogens with zero attached hydrogens (tertiary/aromatic N) is 2. The SMILES string of the molecule is CC1Cc2cc(C(=O)N(C)C(c3ccccc3)c3ccccc3)ccc2N1S(C)(=O)=O. The van der Waals surface area contributed by atoms with E-state index in [4.69, 9.17) is 0 Å². The van der Waals surface area contributed by atoms with Gasteiger partial charge in [0.15, 0.2) is 0 Å². The minimum atomic E-state index is -3.36. The average molecular weight is 435 g/mol. The molecule has 160 valence electrons. The van der Waals surface area contributed by atoms with Gasteiger partial charge < -0.3 is 4.90 Å². The second-order valence-electron chi connectivity index (χ2n) is 8.10. The summed E-state index contributed by atoms with van der Waals surface area (Å²) in [6, 6.07) is 24.8. The zero-order valence-corrected chi connectivity index (χ0v) is 18.7. The van der Waals surface area contributed by atoms with Crippen LogP contribution in [0.1, 0.15) is 40.0 Å². The molecule has 1 aliphatic heterocycles. The number of fused-ring (bicyclic) bond motifs is 1. The fraction of sp³-hybridized carbons (Fsp3) is 0.240. The molecule has 0 bridgehead atoms. The highest BCUT2D eigenvalue weighted by atomic mass is 32.2. The van der Waals surface area contributed by atoms with Crippen LogP contribution in [0, 0.1) is 0 Å². The van der Waals surface area contributed by atoms with E-state index in [0.717, 1.165) is 16.7 Å². The fourth-order valence-corrected chi connectivity index (χ4v) is 5.74. The monoisotopic (exact) mass is 434 g/mol. The molecule has 0 N–H and O–H groups in total. The van der Waals surface area contributed by atoms with Crippen LogP contribution < -0.4 is 4.31 Å². The second kappa shape index (κ2) is 8.19. The van der Waals surface area contributed by atoms with Gasteiger partial charge in [0.2, 0.25) is 10.0 Å². The number of carbonyl (C=O) groups is 1. The summed E-state index contributed by atoms with van der Waals surface area (Å²) in [6.07, 6.45) is 1.81. The molecule has 4 rings (SSSR count). The number of amides is 1. The molecule has 3 aromatic rings. The lowest BCUT2D eigenvalue weighted by Gasteiger charge is -2.29. The normalized spacial score (nSPS) is 15.7. The summed E-state index contributed by atoms with van der Waals surface area (Å²) in [5, 5.41) is 0. The Kier molecular flexibility index (Phi) is 5.58. The van der Waals surface area contributed by atoms with E-state index in [2.05, 4.69) is 0 Å². The lowest BCUT2D eigenvalue weighted by molar-refractivity contribution is 0.0755. The van der Waals surface area contributed by atoms with Crippen LogP contribution in [0.15, 0.2) is 78.9 Å². The summed E-state index contributed by atoms with van der Waals surface area (Å²) < 4.78 is 25.8. The topological polar surface area (TPSA) is 57.7 Å². The fourth-order valence-electron chi connectivity index (χ4n) is 4.47. The molecule has 0 aromatic heterocycles. The molecule has 0 saturated heterocycles. The predicted octanol–water partition coefficient (Wildman–Crippen LogP) is 4.26. The molecule has 1 aliphatic rings. The molecule has 0 spiro atoms. The smallest absolute Gasteiger partial charge is 0.254 e. The number of benzene rings is 3. The minimum Gasteiger partial charge on any atom is -0.331 e. The van der Waals surface area contributed by atoms with Crippen molar-refractivity contribution in [1.82, 2.24) is 4.90 Å². The van der Waals surface area contributed by atoms with Crippen molar-refractivity contribution >= 4 is 21.6 Å². The van der Waals surface area contributed by atoms with E-state index in [0.29, 0.717) is 17.7 Å². The quantitative estimate of drug-likeness (QED) is 0.603. The van der Waals surface area contributed by atoms with Crippen LogP contribution in [0.5, 0.6) is 0 Å². The number of rotatable bonds is 5. The Morgan fingerprint density at radius 2 is 1.52 bits per heavy atom. The molecule has 1 heterocycles. The standard InChI is InChI=1S/C25H26N2O3S/c1-18-16-22-17-21(14-15-23(22)27(18)31(3,29)30)25(28)26(2)24(19-10-6-4-7-11-19)20-12-8-5-9-13-20/h4-15,17-18,24H,16H2,1-3H3. The molecule has 5 nitrogen and oxygen atoms in total. The highest BCUT2D eigenvalue weighted by molar-refractivity contribution is 7.92. The van der Waals surface area contributed by atoms with Crippen molar-refractivity contribution in [2.24, 2.45) is 0 Å². The Morgan fingerprint density at radius 1 is 0.968 bits per heavy atom. The Balaban J connectivity index is 1.70. The summed E-state index contributed by atoms with van der Waals surface area (Å²) in [5.74, 6) is -0.106. The van der Waals surface area contributed by atoms with Gasteiger partial charge in [0.1, 0.15) is 0 Å². The first-order chi connectivity index (χ1) is 14.8. The maximum atomic E-state index is 13.5. The van der Waals surface area contributed by atoms with E-state index in [-0.39, 0.29) is 18.0 Å². The van der Waals surface area contributed by atoms with Gasteiger partial charge in [-0.25, -0.2) is 8.42 Å². The van der Waals surface area contributed by atoms with Crippen LogP contribution in [0.4, 0.5) is 5.69 Å². The lowest BCUT2D eigenvalue weighted by atomic mass is 9.96. The molecule has 31 heavy (non-hydrogen) atoms. The van der Waals surface area contributed by atoms with E-state index in [1.54, 1.807) is 17.0 Å². The summed E-state index contributed by atoms with van der Waals surface area (Å²) in [4.78, 5) is 15.2. The van der Waals surface area contributed by atoms with Crippen LogP contribution in [0.2, 0.25) is 0 Å². The van der Waals surface area contributed by atoms with Crippen molar-refractivity contribution in [3.8, 4) is 0 Å². The van der Waals surface area contributed by atoms with Crippen LogP contribution >= 0.6 is 0 Å². The van der Waals surface area contributed by atoms with Gasteiger partial charge in [0.25, 0.3) is 5.91 Å². The summed E-state index contributed by atoms with van der Waals surface area (Å²) in [5.41, 5.74) is 4.16. The molecular formula is C25H26N2O3S. The van der Waals surface area contributed by atoms with E-state index in [1.165, 1.54) is 10.6 Å². The van der Waals surface area contributed by atoms with Crippen LogP contribution in [0.25, 0.3) is 0 Å². The summed E-state index contributed by atoms with van der Waals surface area (Å²) >= 11 is 0. The highest BCUT2D eigenvalue weighted by Gasteiger charge is 2.33. The van der Waals surface area contributed by atoms with Gasteiger partial charge in [-0.15, -0.1) is 0 Å². The first-order valence-corrected chi connectivity index (χ1v) is 12.1. The third-order valence-corrected chi connectivity index (χ3v) is 7.05. The molecule has 0 fully saturated rings. The van der Waals surface area contributed by atoms with Gasteiger partial charge in [-0.05, 0) is 48.2 Å². The van der Waals surface area contributed by atoms with E-state index in [9.17, 15) is 13.2 Å². The Hall–Kier alpha value is -3.12. The molecule has 0 saturated carbocycles. The Labute approximate surface area is 184 Å². The van der Waals surface area contributed by atoms with Crippen LogP contribution in [-0.4, -0.2) is 38.6 Å². The van der Waals surface area contributed by atoms with E-state index in [1.807, 2.05) is 80.7 Å².